The number of hydrogen-bond acceptors (Lipinski definition) is 3. The first-order valence-corrected chi connectivity index (χ1v) is 5.21. The molecule has 0 bridgehead atoms. The molecular formula is C12H10N4O. The summed E-state index contributed by atoms with van der Waals surface area (Å²) in [5.74, 6) is -0.171. The van der Waals surface area contributed by atoms with Crippen LogP contribution in [0.2, 0.25) is 0 Å². The van der Waals surface area contributed by atoms with Gasteiger partial charge in [-0.05, 0) is 17.7 Å². The van der Waals surface area contributed by atoms with Crippen molar-refractivity contribution in [3.05, 3.63) is 35.7 Å². The maximum absolute atomic E-state index is 11.3. The molecule has 1 amide bonds. The third-order valence-corrected chi connectivity index (χ3v) is 2.71. The standard InChI is InChI=1S/C12H10N4O/c1-16-11-5-8(2-3-9(11)6-15-16)4-10-12(17)14-7-13-10/h2-7H,1H3,(H,13,14,17). The van der Waals surface area contributed by atoms with Gasteiger partial charge in [0.15, 0.2) is 0 Å². The first kappa shape index (κ1) is 9.77. The molecule has 0 saturated carbocycles. The second-order valence-corrected chi connectivity index (χ2v) is 3.85. The van der Waals surface area contributed by atoms with E-state index in [-0.39, 0.29) is 5.91 Å². The number of carbonyl (C=O) groups excluding carboxylic acids is 1. The normalized spacial score (nSPS) is 17.0. The lowest BCUT2D eigenvalue weighted by atomic mass is 10.1. The highest BCUT2D eigenvalue weighted by molar-refractivity contribution is 6.08. The van der Waals surface area contributed by atoms with E-state index in [4.69, 9.17) is 0 Å². The molecule has 0 radical (unpaired) electrons. The Morgan fingerprint density at radius 1 is 1.41 bits per heavy atom. The van der Waals surface area contributed by atoms with Crippen LogP contribution in [0.15, 0.2) is 35.1 Å². The third-order valence-electron chi connectivity index (χ3n) is 2.71. The van der Waals surface area contributed by atoms with Crippen molar-refractivity contribution in [3.63, 3.8) is 0 Å². The Bertz CT molecular complexity index is 666. The minimum Gasteiger partial charge on any atom is -0.311 e. The first-order chi connectivity index (χ1) is 8.24. The summed E-state index contributed by atoms with van der Waals surface area (Å²) in [5, 5.41) is 7.77. The molecule has 2 heterocycles. The maximum Gasteiger partial charge on any atom is 0.275 e. The summed E-state index contributed by atoms with van der Waals surface area (Å²) in [6.45, 7) is 0. The molecule has 0 fully saturated rings. The largest absolute Gasteiger partial charge is 0.311 e. The number of nitrogens with zero attached hydrogens (tertiary/aromatic N) is 3. The summed E-state index contributed by atoms with van der Waals surface area (Å²) in [6.07, 6.45) is 4.97. The summed E-state index contributed by atoms with van der Waals surface area (Å²) in [7, 11) is 1.89. The molecule has 1 aromatic heterocycles. The van der Waals surface area contributed by atoms with Crippen LogP contribution < -0.4 is 5.32 Å². The van der Waals surface area contributed by atoms with E-state index in [0.717, 1.165) is 16.5 Å². The summed E-state index contributed by atoms with van der Waals surface area (Å²) in [5.41, 5.74) is 2.39. The van der Waals surface area contributed by atoms with Crippen molar-refractivity contribution < 1.29 is 4.79 Å². The molecular weight excluding hydrogens is 216 g/mol. The van der Waals surface area contributed by atoms with Crippen molar-refractivity contribution in [2.24, 2.45) is 12.0 Å². The van der Waals surface area contributed by atoms with Crippen LogP contribution in [0.3, 0.4) is 0 Å². The predicted octanol–water partition coefficient (Wildman–Crippen LogP) is 1.07. The van der Waals surface area contributed by atoms with Gasteiger partial charge in [0.05, 0.1) is 18.1 Å². The van der Waals surface area contributed by atoms with Crippen LogP contribution in [0, 0.1) is 0 Å². The number of hydrogen-bond donors (Lipinski definition) is 1. The van der Waals surface area contributed by atoms with Crippen LogP contribution >= 0.6 is 0 Å². The van der Waals surface area contributed by atoms with Crippen molar-refractivity contribution in [1.29, 1.82) is 0 Å². The van der Waals surface area contributed by atoms with Crippen LogP contribution in [0.4, 0.5) is 0 Å². The van der Waals surface area contributed by atoms with Gasteiger partial charge in [-0.3, -0.25) is 9.48 Å². The van der Waals surface area contributed by atoms with Gasteiger partial charge in [-0.2, -0.15) is 5.10 Å². The molecule has 1 aliphatic rings. The fraction of sp³-hybridized carbons (Fsp3) is 0.0833. The lowest BCUT2D eigenvalue weighted by Gasteiger charge is -1.97. The summed E-state index contributed by atoms with van der Waals surface area (Å²) < 4.78 is 1.80. The average Bonchev–Trinajstić information content (AvgIpc) is 2.88. The number of aliphatic imine (C=N–C) groups is 1. The van der Waals surface area contributed by atoms with Crippen LogP contribution in [0.1, 0.15) is 5.56 Å². The average molecular weight is 226 g/mol. The number of aromatic nitrogens is 2. The molecule has 2 aromatic rings. The van der Waals surface area contributed by atoms with Gasteiger partial charge in [0.2, 0.25) is 0 Å². The van der Waals surface area contributed by atoms with E-state index in [1.807, 2.05) is 31.4 Å². The molecule has 1 aromatic carbocycles. The summed E-state index contributed by atoms with van der Waals surface area (Å²) in [4.78, 5) is 15.3. The van der Waals surface area contributed by atoms with Crippen LogP contribution in [-0.2, 0) is 11.8 Å². The Balaban J connectivity index is 2.09. The van der Waals surface area contributed by atoms with E-state index in [1.165, 1.54) is 6.34 Å². The van der Waals surface area contributed by atoms with E-state index in [1.54, 1.807) is 10.8 Å². The lowest BCUT2D eigenvalue weighted by molar-refractivity contribution is -0.115. The monoisotopic (exact) mass is 226 g/mol. The minimum atomic E-state index is -0.171. The topological polar surface area (TPSA) is 59.3 Å². The zero-order valence-electron chi connectivity index (χ0n) is 9.21. The predicted molar refractivity (Wildman–Crippen MR) is 65.3 cm³/mol. The fourth-order valence-electron chi connectivity index (χ4n) is 1.80. The SMILES string of the molecule is Cn1ncc2ccc(C=C3N=CNC3=O)cc21. The van der Waals surface area contributed by atoms with Gasteiger partial charge in [-0.25, -0.2) is 4.99 Å². The van der Waals surface area contributed by atoms with E-state index in [9.17, 15) is 4.79 Å². The molecule has 5 heteroatoms. The van der Waals surface area contributed by atoms with Gasteiger partial charge in [-0.1, -0.05) is 12.1 Å². The highest BCUT2D eigenvalue weighted by atomic mass is 16.2. The van der Waals surface area contributed by atoms with Crippen molar-refractivity contribution >= 4 is 29.2 Å². The molecule has 84 valence electrons. The maximum atomic E-state index is 11.3. The molecule has 3 rings (SSSR count). The Kier molecular flexibility index (Phi) is 2.04. The number of benzene rings is 1. The fourth-order valence-corrected chi connectivity index (χ4v) is 1.80. The van der Waals surface area contributed by atoms with E-state index in [0.29, 0.717) is 5.70 Å². The third kappa shape index (κ3) is 1.61. The second kappa shape index (κ2) is 3.55. The molecule has 1 N–H and O–H groups in total. The van der Waals surface area contributed by atoms with Gasteiger partial charge in [0, 0.05) is 12.4 Å². The molecule has 0 spiro atoms. The molecule has 0 saturated heterocycles. The van der Waals surface area contributed by atoms with Gasteiger partial charge in [-0.15, -0.1) is 0 Å². The molecule has 0 atom stereocenters. The number of rotatable bonds is 1. The summed E-state index contributed by atoms with van der Waals surface area (Å²) >= 11 is 0. The van der Waals surface area contributed by atoms with E-state index >= 15 is 0 Å². The highest BCUT2D eigenvalue weighted by Gasteiger charge is 2.11. The second-order valence-electron chi connectivity index (χ2n) is 3.85. The van der Waals surface area contributed by atoms with Crippen molar-refractivity contribution in [3.8, 4) is 0 Å². The van der Waals surface area contributed by atoms with E-state index in [2.05, 4.69) is 15.4 Å². The van der Waals surface area contributed by atoms with Gasteiger partial charge in [0.25, 0.3) is 5.91 Å². The van der Waals surface area contributed by atoms with Gasteiger partial charge >= 0.3 is 0 Å². The Hall–Kier alpha value is -2.43. The van der Waals surface area contributed by atoms with Crippen molar-refractivity contribution in [1.82, 2.24) is 15.1 Å². The number of aryl methyl sites for hydroxylation is 1. The molecule has 0 aliphatic carbocycles. The van der Waals surface area contributed by atoms with Gasteiger partial charge in [0.1, 0.15) is 5.70 Å². The quantitative estimate of drug-likeness (QED) is 0.739. The zero-order valence-corrected chi connectivity index (χ0v) is 9.21. The zero-order chi connectivity index (χ0) is 11.8. The minimum absolute atomic E-state index is 0.171. The summed E-state index contributed by atoms with van der Waals surface area (Å²) in [6, 6.07) is 5.90. The first-order valence-electron chi connectivity index (χ1n) is 5.21. The van der Waals surface area contributed by atoms with Crippen molar-refractivity contribution in [2.45, 2.75) is 0 Å². The smallest absolute Gasteiger partial charge is 0.275 e. The Morgan fingerprint density at radius 2 is 2.29 bits per heavy atom. The molecule has 1 aliphatic heterocycles. The molecule has 17 heavy (non-hydrogen) atoms. The Labute approximate surface area is 97.5 Å². The lowest BCUT2D eigenvalue weighted by Crippen LogP contribution is -2.14. The highest BCUT2D eigenvalue weighted by Crippen LogP contribution is 2.17. The van der Waals surface area contributed by atoms with E-state index < -0.39 is 0 Å². The number of carbonyl (C=O) groups is 1. The molecule has 0 unspecified atom stereocenters. The van der Waals surface area contributed by atoms with Gasteiger partial charge < -0.3 is 5.32 Å². The number of fused-ring (bicyclic) bond motifs is 1. The Morgan fingerprint density at radius 3 is 3.06 bits per heavy atom. The number of nitrogens with one attached hydrogen (secondary N) is 1. The molecule has 5 nitrogen and oxygen atoms in total. The number of amides is 1. The van der Waals surface area contributed by atoms with Crippen LogP contribution in [0.5, 0.6) is 0 Å². The van der Waals surface area contributed by atoms with Crippen LogP contribution in [0.25, 0.3) is 17.0 Å². The van der Waals surface area contributed by atoms with Crippen LogP contribution in [-0.4, -0.2) is 22.0 Å². The van der Waals surface area contributed by atoms with Crippen molar-refractivity contribution in [2.75, 3.05) is 0 Å².